The van der Waals surface area contributed by atoms with Gasteiger partial charge in [0.1, 0.15) is 29.7 Å². The summed E-state index contributed by atoms with van der Waals surface area (Å²) in [4.78, 5) is 20.9. The number of ether oxygens (including phenoxy) is 2. The summed E-state index contributed by atoms with van der Waals surface area (Å²) in [6, 6.07) is 35.9. The number of para-hydroxylation sites is 2. The van der Waals surface area contributed by atoms with E-state index in [-0.39, 0.29) is 36.0 Å². The van der Waals surface area contributed by atoms with E-state index in [0.717, 1.165) is 54.4 Å². The summed E-state index contributed by atoms with van der Waals surface area (Å²) in [6.45, 7) is 2.84. The number of rotatable bonds is 11. The number of hydrogen-bond acceptors (Lipinski definition) is 6. The molecule has 6 rings (SSSR count). The Bertz CT molecular complexity index is 1810. The molecule has 0 fully saturated rings. The van der Waals surface area contributed by atoms with Gasteiger partial charge in [-0.3, -0.25) is 4.79 Å². The number of thiazole rings is 1. The van der Waals surface area contributed by atoms with Crippen molar-refractivity contribution in [2.45, 2.75) is 38.4 Å². The number of carboxylic acids is 1. The maximum atomic E-state index is 11.6. The first-order valence-corrected chi connectivity index (χ1v) is 14.7. The first-order chi connectivity index (χ1) is 20.5. The Hall–Kier alpha value is -3.75. The molecule has 0 aliphatic carbocycles. The number of hydrogen-bond donors (Lipinski definition) is 1. The normalized spacial score (nSPS) is 12.4. The minimum absolute atomic E-state index is 0. The van der Waals surface area contributed by atoms with Crippen LogP contribution in [0.4, 0.5) is 0 Å². The number of aromatic nitrogens is 2. The molecular weight excluding hydrogens is 567 g/mol. The molecule has 1 N–H and O–H groups in total. The fourth-order valence-corrected chi connectivity index (χ4v) is 6.00. The number of nitrogens with zero attached hydrogens (tertiary/aromatic N) is 2. The molecule has 43 heavy (non-hydrogen) atoms. The van der Waals surface area contributed by atoms with Crippen LogP contribution in [0.5, 0.6) is 11.5 Å². The number of fused-ring (bicyclic) bond motifs is 2. The van der Waals surface area contributed by atoms with Crippen LogP contribution in [0.15, 0.2) is 109 Å². The molecule has 1 radical (unpaired) electrons. The van der Waals surface area contributed by atoms with E-state index in [1.54, 1.807) is 11.3 Å². The third-order valence-electron chi connectivity index (χ3n) is 7.57. The van der Waals surface area contributed by atoms with Crippen molar-refractivity contribution in [3.05, 3.63) is 131 Å². The van der Waals surface area contributed by atoms with Crippen LogP contribution in [0.2, 0.25) is 0 Å². The van der Waals surface area contributed by atoms with E-state index in [4.69, 9.17) is 9.47 Å². The third-order valence-corrected chi connectivity index (χ3v) is 8.57. The minimum Gasteiger partial charge on any atom is -0.487 e. The van der Waals surface area contributed by atoms with Crippen LogP contribution < -0.4 is 9.47 Å². The zero-order valence-corrected chi connectivity index (χ0v) is 27.0. The Labute approximate surface area is 276 Å². The van der Waals surface area contributed by atoms with Gasteiger partial charge >= 0.3 is 5.97 Å². The van der Waals surface area contributed by atoms with Crippen LogP contribution in [0.25, 0.3) is 21.1 Å². The van der Waals surface area contributed by atoms with Gasteiger partial charge in [0.15, 0.2) is 0 Å². The molecule has 0 saturated carbocycles. The monoisotopic (exact) mass is 597 g/mol. The predicted octanol–water partition coefficient (Wildman–Crippen LogP) is 7.79. The third kappa shape index (κ3) is 7.25. The van der Waals surface area contributed by atoms with Crippen molar-refractivity contribution in [3.63, 3.8) is 0 Å². The molecule has 8 heteroatoms. The summed E-state index contributed by atoms with van der Waals surface area (Å²) in [5, 5.41) is 11.5. The number of pyridine rings is 1. The fraction of sp³-hybridized carbons (Fsp3) is 0.171. The Morgan fingerprint density at radius 3 is 2.00 bits per heavy atom. The van der Waals surface area contributed by atoms with Gasteiger partial charge in [-0.1, -0.05) is 67.6 Å². The van der Waals surface area contributed by atoms with Gasteiger partial charge in [0, 0.05) is 46.8 Å². The topological polar surface area (TPSA) is 81.5 Å². The summed E-state index contributed by atoms with van der Waals surface area (Å²) in [7, 11) is 0. The average molecular weight is 598 g/mol. The van der Waals surface area contributed by atoms with Gasteiger partial charge in [-0.2, -0.15) is 0 Å². The number of aliphatic carboxylic acids is 1. The van der Waals surface area contributed by atoms with E-state index in [0.29, 0.717) is 19.6 Å². The van der Waals surface area contributed by atoms with E-state index >= 15 is 0 Å². The molecule has 1 atom stereocenters. The largest absolute Gasteiger partial charge is 0.487 e. The Kier molecular flexibility index (Phi) is 9.78. The van der Waals surface area contributed by atoms with Crippen molar-refractivity contribution in [1.29, 1.82) is 0 Å². The van der Waals surface area contributed by atoms with Gasteiger partial charge in [-0.25, -0.2) is 9.97 Å². The van der Waals surface area contributed by atoms with Gasteiger partial charge in [0.05, 0.1) is 21.4 Å². The van der Waals surface area contributed by atoms with E-state index in [2.05, 4.69) is 29.0 Å². The molecule has 0 spiro atoms. The van der Waals surface area contributed by atoms with Crippen LogP contribution in [0, 0.1) is 0 Å². The van der Waals surface area contributed by atoms with Crippen LogP contribution in [0.1, 0.15) is 41.6 Å². The molecule has 1 unspecified atom stereocenters. The molecule has 0 aliphatic rings. The Balaban J connectivity index is 0.00000368. The predicted molar refractivity (Wildman–Crippen MR) is 172 cm³/mol. The van der Waals surface area contributed by atoms with Gasteiger partial charge < -0.3 is 14.6 Å². The molecule has 2 heterocycles. The maximum absolute atomic E-state index is 11.6. The first-order valence-electron chi connectivity index (χ1n) is 13.8. The van der Waals surface area contributed by atoms with Gasteiger partial charge in [0.2, 0.25) is 0 Å². The molecule has 6 aromatic rings. The number of benzene rings is 4. The van der Waals surface area contributed by atoms with Crippen molar-refractivity contribution < 1.29 is 19.4 Å². The van der Waals surface area contributed by atoms with Gasteiger partial charge in [-0.05, 0) is 66.1 Å². The van der Waals surface area contributed by atoms with E-state index in [1.807, 2.05) is 97.1 Å². The zero-order valence-electron chi connectivity index (χ0n) is 24.2. The van der Waals surface area contributed by atoms with Crippen molar-refractivity contribution in [2.75, 3.05) is 0 Å². The second-order valence-electron chi connectivity index (χ2n) is 10.4. The van der Waals surface area contributed by atoms with E-state index < -0.39 is 11.4 Å². The smallest absolute Gasteiger partial charge is 0.303 e. The molecule has 0 amide bonds. The Morgan fingerprint density at radius 1 is 0.744 bits per heavy atom. The summed E-state index contributed by atoms with van der Waals surface area (Å²) in [6.07, 6.45) is 0.508. The first kappa shape index (κ1) is 30.7. The van der Waals surface area contributed by atoms with Crippen molar-refractivity contribution in [3.8, 4) is 11.5 Å². The average Bonchev–Trinajstić information content (AvgIpc) is 3.45. The SMILES string of the molecule is CC(CCC(=O)O)(c1ccc(OCc2ccc3ccccc3n2)cc1)c1ccc(OCc2nc3ccccc3s2)cc1.[Na]. The second kappa shape index (κ2) is 13.7. The molecule has 211 valence electrons. The minimum atomic E-state index is -0.820. The molecular formula is C35H30N2NaO4S. The number of carboxylic acid groups (broad SMARTS) is 1. The molecule has 6 nitrogen and oxygen atoms in total. The fourth-order valence-electron chi connectivity index (χ4n) is 5.12. The summed E-state index contributed by atoms with van der Waals surface area (Å²) < 4.78 is 13.2. The summed E-state index contributed by atoms with van der Waals surface area (Å²) in [5.74, 6) is 0.650. The van der Waals surface area contributed by atoms with E-state index in [9.17, 15) is 9.90 Å². The second-order valence-corrected chi connectivity index (χ2v) is 11.5. The van der Waals surface area contributed by atoms with Gasteiger partial charge in [0.25, 0.3) is 0 Å². The van der Waals surface area contributed by atoms with E-state index in [1.165, 1.54) is 0 Å². The molecule has 0 aliphatic heterocycles. The standard InChI is InChI=1S/C35H30N2O4S.Na/c1-35(21-20-34(38)39,26-13-18-29(19-14-26)41-23-33-37-31-8-4-5-9-32(31)42-33)25-11-16-28(17-12-25)40-22-27-15-10-24-6-2-3-7-30(24)36-27;/h2-19H,20-23H2,1H3,(H,38,39);. The maximum Gasteiger partial charge on any atom is 0.303 e. The molecule has 0 saturated heterocycles. The number of carbonyl (C=O) groups is 1. The van der Waals surface area contributed by atoms with Crippen molar-refractivity contribution in [1.82, 2.24) is 9.97 Å². The van der Waals surface area contributed by atoms with Crippen LogP contribution in [0.3, 0.4) is 0 Å². The Morgan fingerprint density at radius 2 is 1.35 bits per heavy atom. The quantitative estimate of drug-likeness (QED) is 0.154. The van der Waals surface area contributed by atoms with Crippen LogP contribution >= 0.6 is 11.3 Å². The van der Waals surface area contributed by atoms with Crippen molar-refractivity contribution in [2.24, 2.45) is 0 Å². The van der Waals surface area contributed by atoms with Crippen LogP contribution in [-0.2, 0) is 23.4 Å². The zero-order chi connectivity index (χ0) is 28.9. The van der Waals surface area contributed by atoms with Crippen LogP contribution in [-0.4, -0.2) is 50.6 Å². The van der Waals surface area contributed by atoms with Crippen molar-refractivity contribution >= 4 is 68.0 Å². The molecule has 2 aromatic heterocycles. The summed E-state index contributed by atoms with van der Waals surface area (Å²) >= 11 is 1.63. The molecule has 0 bridgehead atoms. The van der Waals surface area contributed by atoms with Gasteiger partial charge in [-0.15, -0.1) is 11.3 Å². The molecule has 4 aromatic carbocycles. The summed E-state index contributed by atoms with van der Waals surface area (Å²) in [5.41, 5.74) is 4.30.